The van der Waals surface area contributed by atoms with E-state index in [0.717, 1.165) is 0 Å². The van der Waals surface area contributed by atoms with Gasteiger partial charge >= 0.3 is 0 Å². The number of rotatable bonds is 7. The van der Waals surface area contributed by atoms with Crippen LogP contribution < -0.4 is 10.6 Å². The highest BCUT2D eigenvalue weighted by molar-refractivity contribution is 6.29. The van der Waals surface area contributed by atoms with Crippen LogP contribution in [0.5, 0.6) is 0 Å². The van der Waals surface area contributed by atoms with Crippen LogP contribution in [0.4, 0.5) is 22.7 Å². The number of nitrogens with zero attached hydrogens (tertiary/aromatic N) is 3. The summed E-state index contributed by atoms with van der Waals surface area (Å²) < 4.78 is 0. The summed E-state index contributed by atoms with van der Waals surface area (Å²) in [5.41, 5.74) is -0.776. The Morgan fingerprint density at radius 3 is 1.62 bits per heavy atom. The molecular formula is C23H15N5O6. The van der Waals surface area contributed by atoms with Crippen LogP contribution in [-0.2, 0) is 9.59 Å². The summed E-state index contributed by atoms with van der Waals surface area (Å²) in [5, 5.41) is 36.2. The molecule has 0 saturated heterocycles. The Morgan fingerprint density at radius 1 is 0.765 bits per heavy atom. The minimum atomic E-state index is -0.977. The van der Waals surface area contributed by atoms with Crippen molar-refractivity contribution < 1.29 is 19.4 Å². The number of nitro groups is 2. The van der Waals surface area contributed by atoms with E-state index in [-0.39, 0.29) is 22.7 Å². The predicted molar refractivity (Wildman–Crippen MR) is 123 cm³/mol. The molecule has 0 unspecified atom stereocenters. The molecule has 2 N–H and O–H groups in total. The second-order valence-electron chi connectivity index (χ2n) is 6.75. The first kappa shape index (κ1) is 23.3. The van der Waals surface area contributed by atoms with Gasteiger partial charge in [-0.2, -0.15) is 5.26 Å². The molecule has 11 heteroatoms. The third kappa shape index (κ3) is 5.45. The Kier molecular flexibility index (Phi) is 7.05. The summed E-state index contributed by atoms with van der Waals surface area (Å²) in [5.74, 6) is -1.95. The minimum absolute atomic E-state index is 0.137. The zero-order chi connectivity index (χ0) is 24.7. The van der Waals surface area contributed by atoms with Crippen LogP contribution in [0.15, 0.2) is 78.4 Å². The summed E-state index contributed by atoms with van der Waals surface area (Å²) in [6.45, 7) is 0. The monoisotopic (exact) mass is 457 g/mol. The Morgan fingerprint density at radius 2 is 1.21 bits per heavy atom. The normalized spacial score (nSPS) is 9.85. The molecule has 0 radical (unpaired) electrons. The van der Waals surface area contributed by atoms with Crippen molar-refractivity contribution in [3.05, 3.63) is 110 Å². The van der Waals surface area contributed by atoms with Gasteiger partial charge in [0.2, 0.25) is 0 Å². The van der Waals surface area contributed by atoms with E-state index in [9.17, 15) is 29.8 Å². The molecule has 11 nitrogen and oxygen atoms in total. The first-order valence-electron chi connectivity index (χ1n) is 9.61. The average Bonchev–Trinajstić information content (AvgIpc) is 2.83. The lowest BCUT2D eigenvalue weighted by Crippen LogP contribution is -2.26. The molecule has 0 aliphatic rings. The summed E-state index contributed by atoms with van der Waals surface area (Å²) in [7, 11) is 0. The molecule has 2 amide bonds. The number of benzene rings is 3. The number of hydrogen-bond acceptors (Lipinski definition) is 7. The van der Waals surface area contributed by atoms with Gasteiger partial charge in [0.15, 0.2) is 0 Å². The van der Waals surface area contributed by atoms with Gasteiger partial charge in [-0.05, 0) is 35.9 Å². The second kappa shape index (κ2) is 10.3. The highest BCUT2D eigenvalue weighted by Gasteiger charge is 2.24. The van der Waals surface area contributed by atoms with E-state index in [1.165, 1.54) is 78.9 Å². The Hall–Kier alpha value is -5.37. The fourth-order valence-electron chi connectivity index (χ4n) is 2.91. The van der Waals surface area contributed by atoms with Crippen molar-refractivity contribution in [2.45, 2.75) is 0 Å². The van der Waals surface area contributed by atoms with E-state index in [1.807, 2.05) is 6.07 Å². The molecule has 34 heavy (non-hydrogen) atoms. The zero-order valence-electron chi connectivity index (χ0n) is 17.3. The Labute approximate surface area is 192 Å². The highest BCUT2D eigenvalue weighted by Crippen LogP contribution is 2.26. The first-order valence-corrected chi connectivity index (χ1v) is 9.61. The van der Waals surface area contributed by atoms with Gasteiger partial charge in [-0.1, -0.05) is 36.4 Å². The van der Waals surface area contributed by atoms with E-state index in [2.05, 4.69) is 10.6 Å². The lowest BCUT2D eigenvalue weighted by molar-refractivity contribution is -0.384. The van der Waals surface area contributed by atoms with Gasteiger partial charge in [0.25, 0.3) is 23.2 Å². The van der Waals surface area contributed by atoms with Gasteiger partial charge in [0, 0.05) is 12.1 Å². The van der Waals surface area contributed by atoms with Crippen molar-refractivity contribution >= 4 is 40.6 Å². The van der Waals surface area contributed by atoms with Gasteiger partial charge in [-0.25, -0.2) is 0 Å². The SMILES string of the molecule is N#Cc1ccc(C=C(C(=O)Nc2ccccc2[N+](=O)[O-])C(=O)Nc2ccccc2[N+](=O)[O-])cc1. The third-order valence-electron chi connectivity index (χ3n) is 4.54. The van der Waals surface area contributed by atoms with Crippen LogP contribution >= 0.6 is 0 Å². The predicted octanol–water partition coefficient (Wildman–Crippen LogP) is 4.04. The molecule has 3 aromatic rings. The summed E-state index contributed by atoms with van der Waals surface area (Å²) >= 11 is 0. The average molecular weight is 457 g/mol. The van der Waals surface area contributed by atoms with E-state index < -0.39 is 27.2 Å². The molecular weight excluding hydrogens is 442 g/mol. The fourth-order valence-corrected chi connectivity index (χ4v) is 2.91. The van der Waals surface area contributed by atoms with Crippen LogP contribution in [0.25, 0.3) is 6.08 Å². The number of hydrogen-bond donors (Lipinski definition) is 2. The lowest BCUT2D eigenvalue weighted by Gasteiger charge is -2.11. The smallest absolute Gasteiger partial charge is 0.292 e. The molecule has 3 rings (SSSR count). The Balaban J connectivity index is 2.00. The zero-order valence-corrected chi connectivity index (χ0v) is 17.3. The number of nitro benzene ring substituents is 2. The van der Waals surface area contributed by atoms with Crippen LogP contribution in [0, 0.1) is 31.6 Å². The maximum Gasteiger partial charge on any atom is 0.292 e. The number of carbonyl (C=O) groups excluding carboxylic acids is 2. The molecule has 0 saturated carbocycles. The lowest BCUT2D eigenvalue weighted by atomic mass is 10.1. The van der Waals surface area contributed by atoms with E-state index in [0.29, 0.717) is 11.1 Å². The highest BCUT2D eigenvalue weighted by atomic mass is 16.6. The summed E-state index contributed by atoms with van der Waals surface area (Å²) in [4.78, 5) is 47.2. The van der Waals surface area contributed by atoms with E-state index in [4.69, 9.17) is 5.26 Å². The van der Waals surface area contributed by atoms with Crippen molar-refractivity contribution in [1.29, 1.82) is 5.26 Å². The number of nitrogens with one attached hydrogen (secondary N) is 2. The van der Waals surface area contributed by atoms with Crippen molar-refractivity contribution in [3.8, 4) is 6.07 Å². The molecule has 0 aliphatic heterocycles. The third-order valence-corrected chi connectivity index (χ3v) is 4.54. The Bertz CT molecular complexity index is 1290. The van der Waals surface area contributed by atoms with Crippen LogP contribution in [-0.4, -0.2) is 21.7 Å². The molecule has 0 aromatic heterocycles. The maximum absolute atomic E-state index is 13.0. The number of nitriles is 1. The van der Waals surface area contributed by atoms with E-state index in [1.54, 1.807) is 0 Å². The van der Waals surface area contributed by atoms with E-state index >= 15 is 0 Å². The van der Waals surface area contributed by atoms with Gasteiger partial charge in [-0.15, -0.1) is 0 Å². The fraction of sp³-hybridized carbons (Fsp3) is 0. The summed E-state index contributed by atoms with van der Waals surface area (Å²) in [6.07, 6.45) is 1.20. The summed E-state index contributed by atoms with van der Waals surface area (Å²) in [6, 6.07) is 18.6. The number of amides is 2. The molecule has 0 aliphatic carbocycles. The molecule has 168 valence electrons. The molecule has 0 bridgehead atoms. The molecule has 3 aromatic carbocycles. The van der Waals surface area contributed by atoms with Crippen LogP contribution in [0.1, 0.15) is 11.1 Å². The van der Waals surface area contributed by atoms with Crippen LogP contribution in [0.2, 0.25) is 0 Å². The molecule has 0 fully saturated rings. The largest absolute Gasteiger partial charge is 0.316 e. The van der Waals surface area contributed by atoms with Crippen molar-refractivity contribution in [2.75, 3.05) is 10.6 Å². The van der Waals surface area contributed by atoms with Crippen LogP contribution in [0.3, 0.4) is 0 Å². The van der Waals surface area contributed by atoms with Gasteiger partial charge in [-0.3, -0.25) is 29.8 Å². The van der Waals surface area contributed by atoms with Gasteiger partial charge in [0.05, 0.1) is 21.5 Å². The van der Waals surface area contributed by atoms with Crippen molar-refractivity contribution in [2.24, 2.45) is 0 Å². The topological polar surface area (TPSA) is 168 Å². The minimum Gasteiger partial charge on any atom is -0.316 e. The second-order valence-corrected chi connectivity index (χ2v) is 6.75. The number of carbonyl (C=O) groups is 2. The van der Waals surface area contributed by atoms with Gasteiger partial charge in [0.1, 0.15) is 16.9 Å². The van der Waals surface area contributed by atoms with Gasteiger partial charge < -0.3 is 10.6 Å². The number of para-hydroxylation sites is 4. The molecule has 0 atom stereocenters. The maximum atomic E-state index is 13.0. The van der Waals surface area contributed by atoms with Crippen molar-refractivity contribution in [3.63, 3.8) is 0 Å². The standard InChI is InChI=1S/C23H15N5O6/c24-14-16-11-9-15(10-12-16)13-17(22(29)25-18-5-1-3-7-20(18)27(31)32)23(30)26-19-6-2-4-8-21(19)28(33)34/h1-13H,(H,25,29)(H,26,30). The van der Waals surface area contributed by atoms with Crippen molar-refractivity contribution in [1.82, 2.24) is 0 Å². The molecule has 0 spiro atoms. The molecule has 0 heterocycles. The first-order chi connectivity index (χ1) is 16.3. The number of anilines is 2. The quantitative estimate of drug-likeness (QED) is 0.177.